The highest BCUT2D eigenvalue weighted by atomic mass is 16.5. The molecule has 162 valence electrons. The van der Waals surface area contributed by atoms with Gasteiger partial charge in [-0.25, -0.2) is 0 Å². The molecule has 2 atom stereocenters. The van der Waals surface area contributed by atoms with Crippen LogP contribution in [0.15, 0.2) is 59.1 Å². The van der Waals surface area contributed by atoms with E-state index in [0.29, 0.717) is 38.6 Å². The summed E-state index contributed by atoms with van der Waals surface area (Å²) in [6.07, 6.45) is 2.14. The number of para-hydroxylation sites is 1. The first kappa shape index (κ1) is 19.9. The second kappa shape index (κ2) is 8.61. The van der Waals surface area contributed by atoms with E-state index in [9.17, 15) is 4.79 Å². The number of benzene rings is 1. The Kier molecular flexibility index (Phi) is 5.53. The van der Waals surface area contributed by atoms with Crippen molar-refractivity contribution >= 4 is 5.91 Å². The van der Waals surface area contributed by atoms with Crippen molar-refractivity contribution in [2.45, 2.75) is 19.1 Å². The summed E-state index contributed by atoms with van der Waals surface area (Å²) < 4.78 is 19.4. The molecule has 0 bridgehead atoms. The summed E-state index contributed by atoms with van der Waals surface area (Å²) in [4.78, 5) is 15.9. The highest BCUT2D eigenvalue weighted by molar-refractivity contribution is 5.91. The Labute approximate surface area is 181 Å². The van der Waals surface area contributed by atoms with Gasteiger partial charge in [-0.05, 0) is 36.4 Å². The number of amides is 1. The molecular weight excluding hydrogens is 394 g/mol. The highest BCUT2D eigenvalue weighted by Crippen LogP contribution is 2.30. The van der Waals surface area contributed by atoms with E-state index in [0.717, 1.165) is 30.2 Å². The number of furan rings is 1. The zero-order valence-corrected chi connectivity index (χ0v) is 17.8. The summed E-state index contributed by atoms with van der Waals surface area (Å²) in [6, 6.07) is 16.4. The Morgan fingerprint density at radius 2 is 1.94 bits per heavy atom. The number of morpholine rings is 1. The predicted octanol–water partition coefficient (Wildman–Crippen LogP) is 1.75. The molecule has 1 N–H and O–H groups in total. The Balaban J connectivity index is 1.40. The van der Waals surface area contributed by atoms with Gasteiger partial charge in [-0.1, -0.05) is 12.1 Å². The first-order valence-corrected chi connectivity index (χ1v) is 10.8. The number of fused-ring (bicyclic) bond motifs is 1. The van der Waals surface area contributed by atoms with Crippen molar-refractivity contribution in [3.05, 3.63) is 77.5 Å². The molecule has 2 aliphatic rings. The second-order valence-electron chi connectivity index (χ2n) is 8.06. The number of hydrogen-bond acceptors (Lipinski definition) is 4. The molecule has 2 aromatic heterocycles. The van der Waals surface area contributed by atoms with Gasteiger partial charge in [-0.15, -0.1) is 0 Å². The number of carbonyl (C=O) groups is 1. The molecule has 0 spiro atoms. The zero-order valence-electron chi connectivity index (χ0n) is 17.8. The lowest BCUT2D eigenvalue weighted by molar-refractivity contribution is -0.944. The van der Waals surface area contributed by atoms with Crippen LogP contribution in [-0.2, 0) is 17.8 Å². The average Bonchev–Trinajstić information content (AvgIpc) is 3.49. The predicted molar refractivity (Wildman–Crippen MR) is 114 cm³/mol. The summed E-state index contributed by atoms with van der Waals surface area (Å²) >= 11 is 0. The van der Waals surface area contributed by atoms with Crippen LogP contribution < -0.4 is 9.64 Å². The third kappa shape index (κ3) is 3.86. The Morgan fingerprint density at radius 1 is 1.10 bits per heavy atom. The number of methoxy groups -OCH3 is 1. The number of ether oxygens (including phenoxy) is 2. The van der Waals surface area contributed by atoms with E-state index in [-0.39, 0.29) is 11.9 Å². The Hall–Kier alpha value is -3.03. The van der Waals surface area contributed by atoms with Crippen molar-refractivity contribution in [2.75, 3.05) is 40.0 Å². The van der Waals surface area contributed by atoms with Gasteiger partial charge in [-0.3, -0.25) is 4.79 Å². The monoisotopic (exact) mass is 422 g/mol. The molecule has 31 heavy (non-hydrogen) atoms. The van der Waals surface area contributed by atoms with Crippen molar-refractivity contribution in [1.82, 2.24) is 9.47 Å². The molecule has 1 fully saturated rings. The molecule has 0 saturated carbocycles. The van der Waals surface area contributed by atoms with E-state index < -0.39 is 0 Å². The van der Waals surface area contributed by atoms with Gasteiger partial charge < -0.3 is 28.3 Å². The Morgan fingerprint density at radius 3 is 2.77 bits per heavy atom. The first-order chi connectivity index (χ1) is 15.2. The first-order valence-electron chi connectivity index (χ1n) is 10.8. The number of hydrogen-bond donors (Lipinski definition) is 1. The third-order valence-corrected chi connectivity index (χ3v) is 6.26. The molecule has 1 aromatic carbocycles. The highest BCUT2D eigenvalue weighted by Gasteiger charge is 2.35. The molecule has 1 amide bonds. The Bertz CT molecular complexity index is 1050. The maximum atomic E-state index is 12.8. The van der Waals surface area contributed by atoms with Gasteiger partial charge in [-0.2, -0.15) is 0 Å². The van der Waals surface area contributed by atoms with Crippen molar-refractivity contribution in [2.24, 2.45) is 0 Å². The summed E-state index contributed by atoms with van der Waals surface area (Å²) in [5.41, 5.74) is 2.43. The van der Waals surface area contributed by atoms with Crippen LogP contribution >= 0.6 is 0 Å². The van der Waals surface area contributed by atoms with Crippen molar-refractivity contribution in [3.63, 3.8) is 0 Å². The van der Waals surface area contributed by atoms with Crippen LogP contribution in [-0.4, -0.2) is 55.3 Å². The average molecular weight is 423 g/mol. The number of nitrogens with one attached hydrogen (secondary N) is 1. The standard InChI is InChI=1S/C24H27N3O4/c1-29-21-7-3-2-5-19(21)23-20-6-4-10-25(20)11-12-27(23)17-18-8-9-22(31-18)24(28)26-13-15-30-16-14-26/h2-10,23H,11-17H2,1H3/p+1/t23-/m1/s1. The van der Waals surface area contributed by atoms with Crippen LogP contribution in [0.5, 0.6) is 5.75 Å². The van der Waals surface area contributed by atoms with Crippen molar-refractivity contribution in [1.29, 1.82) is 0 Å². The number of quaternary nitrogens is 1. The minimum absolute atomic E-state index is 0.0571. The summed E-state index contributed by atoms with van der Waals surface area (Å²) in [6.45, 7) is 4.98. The molecule has 4 heterocycles. The molecule has 2 aliphatic heterocycles. The van der Waals surface area contributed by atoms with Crippen LogP contribution in [0.2, 0.25) is 0 Å². The van der Waals surface area contributed by atoms with Crippen LogP contribution in [0.1, 0.15) is 33.6 Å². The molecule has 0 aliphatic carbocycles. The largest absolute Gasteiger partial charge is 0.496 e. The SMILES string of the molecule is COc1ccccc1[C@@H]1c2cccn2CC[NH+]1Cc1ccc(C(=O)N2CCOCC2)o1. The lowest BCUT2D eigenvalue weighted by Crippen LogP contribution is -3.12. The van der Waals surface area contributed by atoms with Gasteiger partial charge in [0.05, 0.1) is 44.7 Å². The third-order valence-electron chi connectivity index (χ3n) is 6.26. The van der Waals surface area contributed by atoms with Crippen LogP contribution in [0.4, 0.5) is 0 Å². The lowest BCUT2D eigenvalue weighted by Gasteiger charge is -2.34. The van der Waals surface area contributed by atoms with E-state index in [1.165, 1.54) is 10.6 Å². The maximum Gasteiger partial charge on any atom is 0.289 e. The van der Waals surface area contributed by atoms with E-state index in [2.05, 4.69) is 35.0 Å². The quantitative estimate of drug-likeness (QED) is 0.681. The molecular formula is C24H28N3O4+. The number of carbonyl (C=O) groups excluding carboxylic acids is 1. The normalized spacial score (nSPS) is 21.0. The van der Waals surface area contributed by atoms with Gasteiger partial charge in [0.15, 0.2) is 17.6 Å². The van der Waals surface area contributed by atoms with Gasteiger partial charge in [0.25, 0.3) is 5.91 Å². The van der Waals surface area contributed by atoms with Crippen molar-refractivity contribution < 1.29 is 23.6 Å². The molecule has 7 nitrogen and oxygen atoms in total. The van der Waals surface area contributed by atoms with Gasteiger partial charge in [0.1, 0.15) is 12.3 Å². The summed E-state index contributed by atoms with van der Waals surface area (Å²) in [5, 5.41) is 0. The van der Waals surface area contributed by atoms with Gasteiger partial charge in [0, 0.05) is 19.3 Å². The summed E-state index contributed by atoms with van der Waals surface area (Å²) in [7, 11) is 1.72. The fourth-order valence-corrected chi connectivity index (χ4v) is 4.72. The van der Waals surface area contributed by atoms with E-state index in [1.54, 1.807) is 18.1 Å². The number of rotatable bonds is 5. The van der Waals surface area contributed by atoms with Crippen LogP contribution in [0.25, 0.3) is 0 Å². The van der Waals surface area contributed by atoms with E-state index in [1.807, 2.05) is 18.2 Å². The van der Waals surface area contributed by atoms with Crippen molar-refractivity contribution in [3.8, 4) is 5.75 Å². The molecule has 0 radical (unpaired) electrons. The fourth-order valence-electron chi connectivity index (χ4n) is 4.72. The minimum atomic E-state index is -0.0571. The lowest BCUT2D eigenvalue weighted by atomic mass is 9.98. The topological polar surface area (TPSA) is 61.3 Å². The minimum Gasteiger partial charge on any atom is -0.496 e. The van der Waals surface area contributed by atoms with Crippen LogP contribution in [0.3, 0.4) is 0 Å². The number of nitrogens with zero attached hydrogens (tertiary/aromatic N) is 2. The molecule has 3 aromatic rings. The molecule has 5 rings (SSSR count). The fraction of sp³-hybridized carbons (Fsp3) is 0.375. The van der Waals surface area contributed by atoms with E-state index in [4.69, 9.17) is 13.9 Å². The van der Waals surface area contributed by atoms with E-state index >= 15 is 0 Å². The second-order valence-corrected chi connectivity index (χ2v) is 8.06. The van der Waals surface area contributed by atoms with Gasteiger partial charge in [0.2, 0.25) is 0 Å². The van der Waals surface area contributed by atoms with Crippen LogP contribution in [0, 0.1) is 0 Å². The maximum absolute atomic E-state index is 12.8. The molecule has 1 saturated heterocycles. The zero-order chi connectivity index (χ0) is 21.2. The number of aromatic nitrogens is 1. The molecule has 1 unspecified atom stereocenters. The molecule has 7 heteroatoms. The summed E-state index contributed by atoms with van der Waals surface area (Å²) in [5.74, 6) is 2.07. The van der Waals surface area contributed by atoms with Gasteiger partial charge >= 0.3 is 0 Å². The smallest absolute Gasteiger partial charge is 0.289 e.